The van der Waals surface area contributed by atoms with Crippen molar-refractivity contribution >= 4 is 23.6 Å². The van der Waals surface area contributed by atoms with Crippen molar-refractivity contribution in [3.63, 3.8) is 0 Å². The lowest BCUT2D eigenvalue weighted by Crippen LogP contribution is -2.67. The summed E-state index contributed by atoms with van der Waals surface area (Å²) in [7, 11) is 1.29. The number of ether oxygens (including phenoxy) is 2. The molecule has 5 aliphatic rings. The van der Waals surface area contributed by atoms with E-state index in [0.29, 0.717) is 6.42 Å². The van der Waals surface area contributed by atoms with Gasteiger partial charge in [-0.2, -0.15) is 0 Å². The summed E-state index contributed by atoms with van der Waals surface area (Å²) in [5.74, 6) is -0.440. The number of hydrogen-bond acceptors (Lipinski definition) is 6. The number of benzene rings is 1. The predicted molar refractivity (Wildman–Crippen MR) is 189 cm³/mol. The molecule has 1 aromatic carbocycles. The lowest BCUT2D eigenvalue weighted by Gasteiger charge is -2.70. The third kappa shape index (κ3) is 5.62. The van der Waals surface area contributed by atoms with E-state index < -0.39 is 11.4 Å². The standard InChI is InChI=1S/C42H57NO6/c1-37(2)31-16-19-42(7)35(40(31,5)18-17-32(37)43-33(45)14-15-34(46)48-8)30(44)24-28-29-25-39(4,21-20-38(29,3)22-23-41(28,42)6)36(47)49-26-27-12-10-9-11-13-27/h9-15,24,29,31-32,35H,16-23,25-26H2,1-8H3,(H,43,45)/b15-14+/t29-,31-,32-,35+,38+,39-,40-,41+,42+/m0/s1. The van der Waals surface area contributed by atoms with Crippen LogP contribution in [0.15, 0.2) is 54.1 Å². The highest BCUT2D eigenvalue weighted by Gasteiger charge is 2.70. The van der Waals surface area contributed by atoms with Crippen LogP contribution in [0.1, 0.15) is 112 Å². The largest absolute Gasteiger partial charge is 0.466 e. The molecule has 266 valence electrons. The van der Waals surface area contributed by atoms with E-state index in [4.69, 9.17) is 4.74 Å². The van der Waals surface area contributed by atoms with Crippen LogP contribution in [0, 0.1) is 50.2 Å². The molecule has 0 bridgehead atoms. The van der Waals surface area contributed by atoms with Gasteiger partial charge in [0.25, 0.3) is 0 Å². The van der Waals surface area contributed by atoms with E-state index in [-0.39, 0.29) is 75.1 Å². The molecule has 1 amide bonds. The number of fused-ring (bicyclic) bond motifs is 7. The molecule has 0 unspecified atom stereocenters. The van der Waals surface area contributed by atoms with Gasteiger partial charge in [-0.05, 0) is 115 Å². The van der Waals surface area contributed by atoms with Crippen LogP contribution in [0.4, 0.5) is 0 Å². The van der Waals surface area contributed by atoms with Crippen molar-refractivity contribution in [2.75, 3.05) is 7.11 Å². The molecule has 4 fully saturated rings. The summed E-state index contributed by atoms with van der Waals surface area (Å²) >= 11 is 0. The number of esters is 2. The van der Waals surface area contributed by atoms with E-state index in [2.05, 4.69) is 64.6 Å². The fourth-order valence-corrected chi connectivity index (χ4v) is 12.0. The highest BCUT2D eigenvalue weighted by molar-refractivity contribution is 5.96. The second kappa shape index (κ2) is 12.2. The predicted octanol–water partition coefficient (Wildman–Crippen LogP) is 7.92. The zero-order valence-electron chi connectivity index (χ0n) is 30.9. The van der Waals surface area contributed by atoms with Crippen molar-refractivity contribution in [2.24, 2.45) is 50.2 Å². The van der Waals surface area contributed by atoms with Gasteiger partial charge >= 0.3 is 11.9 Å². The Labute approximate surface area is 293 Å². The van der Waals surface area contributed by atoms with Gasteiger partial charge in [0.15, 0.2) is 5.78 Å². The Bertz CT molecular complexity index is 1580. The summed E-state index contributed by atoms with van der Waals surface area (Å²) < 4.78 is 10.6. The summed E-state index contributed by atoms with van der Waals surface area (Å²) in [5.41, 5.74) is 0.907. The Hall–Kier alpha value is -3.22. The van der Waals surface area contributed by atoms with Gasteiger partial charge in [0.05, 0.1) is 12.5 Å². The van der Waals surface area contributed by atoms with Crippen LogP contribution in [-0.4, -0.2) is 36.8 Å². The van der Waals surface area contributed by atoms with Crippen molar-refractivity contribution in [3.05, 3.63) is 59.7 Å². The van der Waals surface area contributed by atoms with Crippen molar-refractivity contribution in [1.82, 2.24) is 5.32 Å². The highest BCUT2D eigenvalue weighted by Crippen LogP contribution is 2.75. The Morgan fingerprint density at radius 3 is 2.27 bits per heavy atom. The number of rotatable bonds is 6. The molecule has 0 saturated heterocycles. The van der Waals surface area contributed by atoms with E-state index in [0.717, 1.165) is 63.0 Å². The number of hydrogen-bond donors (Lipinski definition) is 1. The lowest BCUT2D eigenvalue weighted by molar-refractivity contribution is -0.190. The zero-order chi connectivity index (χ0) is 35.6. The van der Waals surface area contributed by atoms with Gasteiger partial charge in [0.1, 0.15) is 6.61 Å². The number of methoxy groups -OCH3 is 1. The Balaban J connectivity index is 1.27. The second-order valence-electron chi connectivity index (χ2n) is 18.1. The van der Waals surface area contributed by atoms with Gasteiger partial charge in [-0.1, -0.05) is 77.4 Å². The van der Waals surface area contributed by atoms with Gasteiger partial charge in [-0.3, -0.25) is 14.4 Å². The normalized spacial score (nSPS) is 40.9. The molecular formula is C42H57NO6. The van der Waals surface area contributed by atoms with Crippen LogP contribution in [0.3, 0.4) is 0 Å². The first-order valence-electron chi connectivity index (χ1n) is 18.5. The second-order valence-corrected chi connectivity index (χ2v) is 18.1. The first-order chi connectivity index (χ1) is 22.9. The minimum atomic E-state index is -0.596. The molecule has 1 N–H and O–H groups in total. The minimum absolute atomic E-state index is 0.0513. The third-order valence-electron chi connectivity index (χ3n) is 15.2. The Morgan fingerprint density at radius 1 is 0.878 bits per heavy atom. The van der Waals surface area contributed by atoms with Crippen LogP contribution in [0.5, 0.6) is 0 Å². The van der Waals surface area contributed by atoms with Crippen molar-refractivity contribution < 1.29 is 28.7 Å². The number of nitrogens with one attached hydrogen (secondary N) is 1. The quantitative estimate of drug-likeness (QED) is 0.244. The average Bonchev–Trinajstić information content (AvgIpc) is 3.06. The molecule has 0 heterocycles. The molecule has 1 aromatic rings. The first kappa shape index (κ1) is 35.6. The number of amides is 1. The number of allylic oxidation sites excluding steroid dienone is 2. The molecule has 7 heteroatoms. The van der Waals surface area contributed by atoms with E-state index in [9.17, 15) is 19.2 Å². The average molecular weight is 672 g/mol. The summed E-state index contributed by atoms with van der Waals surface area (Å²) in [4.78, 5) is 52.9. The Kier molecular flexibility index (Phi) is 8.88. The summed E-state index contributed by atoms with van der Waals surface area (Å²) in [5, 5.41) is 3.19. The van der Waals surface area contributed by atoms with Crippen LogP contribution in [0.2, 0.25) is 0 Å². The van der Waals surface area contributed by atoms with Crippen molar-refractivity contribution in [2.45, 2.75) is 119 Å². The minimum Gasteiger partial charge on any atom is -0.466 e. The third-order valence-corrected chi connectivity index (χ3v) is 15.2. The molecule has 6 rings (SSSR count). The van der Waals surface area contributed by atoms with Crippen LogP contribution >= 0.6 is 0 Å². The molecule has 0 aromatic heterocycles. The fourth-order valence-electron chi connectivity index (χ4n) is 12.0. The fraction of sp³-hybridized carbons (Fsp3) is 0.667. The SMILES string of the molecule is COC(=O)/C=C/C(=O)N[C@H]1CC[C@]2(C)[C@H]3C(=O)C=C4[C@@H]5C[C@@](C)(C(=O)OCc6ccccc6)CC[C@]5(C)CC[C@@]4(C)[C@]3(C)CC[C@H]2C1(C)C. The van der Waals surface area contributed by atoms with Crippen LogP contribution < -0.4 is 5.32 Å². The van der Waals surface area contributed by atoms with Gasteiger partial charge in [-0.25, -0.2) is 4.79 Å². The van der Waals surface area contributed by atoms with Gasteiger partial charge < -0.3 is 14.8 Å². The van der Waals surface area contributed by atoms with E-state index in [1.165, 1.54) is 18.8 Å². The first-order valence-corrected chi connectivity index (χ1v) is 18.5. The molecule has 7 nitrogen and oxygen atoms in total. The Morgan fingerprint density at radius 2 is 1.57 bits per heavy atom. The zero-order valence-corrected chi connectivity index (χ0v) is 30.9. The molecule has 4 saturated carbocycles. The lowest BCUT2D eigenvalue weighted by atomic mass is 9.33. The number of ketones is 1. The van der Waals surface area contributed by atoms with Gasteiger partial charge in [0.2, 0.25) is 5.91 Å². The van der Waals surface area contributed by atoms with Crippen molar-refractivity contribution in [1.29, 1.82) is 0 Å². The number of carbonyl (C=O) groups excluding carboxylic acids is 4. The molecule has 0 radical (unpaired) electrons. The summed E-state index contributed by atoms with van der Waals surface area (Å²) in [6.07, 6.45) is 12.6. The maximum atomic E-state index is 14.8. The maximum Gasteiger partial charge on any atom is 0.330 e. The van der Waals surface area contributed by atoms with Crippen molar-refractivity contribution in [3.8, 4) is 0 Å². The smallest absolute Gasteiger partial charge is 0.330 e. The molecule has 9 atom stereocenters. The topological polar surface area (TPSA) is 98.8 Å². The molecule has 0 aliphatic heterocycles. The number of carbonyl (C=O) groups is 4. The molecule has 5 aliphatic carbocycles. The van der Waals surface area contributed by atoms with E-state index in [1.807, 2.05) is 30.3 Å². The molecule has 49 heavy (non-hydrogen) atoms. The van der Waals surface area contributed by atoms with Gasteiger partial charge in [-0.15, -0.1) is 0 Å². The summed E-state index contributed by atoms with van der Waals surface area (Å²) in [6, 6.07) is 9.80. The highest BCUT2D eigenvalue weighted by atomic mass is 16.5. The van der Waals surface area contributed by atoms with Gasteiger partial charge in [0, 0.05) is 24.1 Å². The van der Waals surface area contributed by atoms with Crippen LogP contribution in [-0.2, 0) is 35.3 Å². The van der Waals surface area contributed by atoms with Crippen LogP contribution in [0.25, 0.3) is 0 Å². The molecule has 0 spiro atoms. The monoisotopic (exact) mass is 671 g/mol. The summed E-state index contributed by atoms with van der Waals surface area (Å²) in [6.45, 7) is 16.4. The van der Waals surface area contributed by atoms with E-state index >= 15 is 0 Å². The van der Waals surface area contributed by atoms with E-state index in [1.54, 1.807) is 0 Å². The maximum absolute atomic E-state index is 14.8. The molecular weight excluding hydrogens is 614 g/mol.